The van der Waals surface area contributed by atoms with E-state index in [2.05, 4.69) is 18.0 Å². The summed E-state index contributed by atoms with van der Waals surface area (Å²) in [6, 6.07) is 6.88. The van der Waals surface area contributed by atoms with Gasteiger partial charge in [-0.05, 0) is 83.1 Å². The van der Waals surface area contributed by atoms with Crippen LogP contribution >= 0.6 is 0 Å². The molecule has 2 saturated carbocycles. The highest BCUT2D eigenvalue weighted by Crippen LogP contribution is 2.66. The van der Waals surface area contributed by atoms with Crippen LogP contribution in [0.2, 0.25) is 0 Å². The van der Waals surface area contributed by atoms with Gasteiger partial charge in [0.25, 0.3) is 0 Å². The molecule has 4 heterocycles. The predicted molar refractivity (Wildman–Crippen MR) is 180 cm³/mol. The molecule has 4 aliphatic carbocycles. The maximum atomic E-state index is 13.2. The van der Waals surface area contributed by atoms with Crippen molar-refractivity contribution in [2.24, 2.45) is 0 Å². The van der Waals surface area contributed by atoms with E-state index in [1.165, 1.54) is 12.7 Å². The van der Waals surface area contributed by atoms with Gasteiger partial charge in [0.05, 0.1) is 30.7 Å². The summed E-state index contributed by atoms with van der Waals surface area (Å²) in [6.45, 7) is 1.51. The van der Waals surface area contributed by atoms with Gasteiger partial charge in [-0.1, -0.05) is 20.9 Å². The van der Waals surface area contributed by atoms with Crippen molar-refractivity contribution in [1.29, 1.82) is 0 Å². The summed E-state index contributed by atoms with van der Waals surface area (Å²) in [5, 5.41) is 23.4. The van der Waals surface area contributed by atoms with E-state index in [1.54, 1.807) is 19.2 Å². The lowest BCUT2D eigenvalue weighted by atomic mass is 9.49. The fourth-order valence-electron chi connectivity index (χ4n) is 11.2. The van der Waals surface area contributed by atoms with Crippen molar-refractivity contribution in [3.05, 3.63) is 46.5 Å². The van der Waals surface area contributed by atoms with Crippen LogP contribution in [-0.2, 0) is 26.8 Å². The summed E-state index contributed by atoms with van der Waals surface area (Å²) in [4.78, 5) is 42.6. The molecule has 4 aliphatic heterocycles. The van der Waals surface area contributed by atoms with E-state index in [4.69, 9.17) is 18.9 Å². The van der Waals surface area contributed by atoms with E-state index in [1.807, 2.05) is 18.0 Å². The van der Waals surface area contributed by atoms with Crippen LogP contribution in [0.25, 0.3) is 0 Å². The van der Waals surface area contributed by atoms with E-state index in [0.717, 1.165) is 24.9 Å². The number of carbonyl (C=O) groups is 3. The largest absolute Gasteiger partial charge is 0.493 e. The molecule has 2 spiro atoms. The van der Waals surface area contributed by atoms with E-state index in [9.17, 15) is 24.6 Å². The highest BCUT2D eigenvalue weighted by atomic mass is 16.5. The van der Waals surface area contributed by atoms with Crippen LogP contribution in [0, 0.1) is 0 Å². The van der Waals surface area contributed by atoms with Crippen molar-refractivity contribution in [2.75, 3.05) is 41.4 Å². The normalized spacial score (nSPS) is 38.4. The number of methoxy groups -OCH3 is 2. The number of hydrogen-bond acceptors (Lipinski definition) is 11. The van der Waals surface area contributed by atoms with Gasteiger partial charge in [0.15, 0.2) is 52.6 Å². The van der Waals surface area contributed by atoms with Crippen LogP contribution in [0.15, 0.2) is 24.3 Å². The number of likely N-dealkylation sites (N-methyl/N-ethyl adjacent to an activating group) is 2. The smallest absolute Gasteiger partial charge is 0.183 e. The molecule has 0 unspecified atom stereocenters. The molecule has 2 saturated heterocycles. The van der Waals surface area contributed by atoms with Crippen LogP contribution in [0.1, 0.15) is 80.4 Å². The van der Waals surface area contributed by atoms with Gasteiger partial charge < -0.3 is 34.1 Å². The van der Waals surface area contributed by atoms with Crippen molar-refractivity contribution >= 4 is 17.3 Å². The lowest BCUT2D eigenvalue weighted by Crippen LogP contribution is -2.77. The average molecular weight is 677 g/mol. The molecule has 11 heteroatoms. The molecule has 10 rings (SSSR count). The van der Waals surface area contributed by atoms with Crippen LogP contribution in [-0.4, -0.2) is 114 Å². The molecule has 264 valence electrons. The van der Waals surface area contributed by atoms with Gasteiger partial charge in [0, 0.05) is 35.6 Å². The molecule has 8 aliphatic rings. The Bertz CT molecular complexity index is 1790. The first kappa shape index (κ1) is 34.0. The lowest BCUT2D eigenvalue weighted by Gasteiger charge is -2.62. The number of carbonyl (C=O) groups excluding carboxylic acids is 3. The summed E-state index contributed by atoms with van der Waals surface area (Å²) in [7, 11) is 7.10. The summed E-state index contributed by atoms with van der Waals surface area (Å²) in [6.07, 6.45) is 2.27. The van der Waals surface area contributed by atoms with E-state index < -0.39 is 40.3 Å². The van der Waals surface area contributed by atoms with Gasteiger partial charge in [-0.25, -0.2) is 0 Å². The average Bonchev–Trinajstić information content (AvgIpc) is 3.60. The molecular weight excluding hydrogens is 628 g/mol. The number of hydrogen-bond donors (Lipinski definition) is 2. The Balaban J connectivity index is 0.000000148. The van der Waals surface area contributed by atoms with Crippen LogP contribution in [0.5, 0.6) is 23.0 Å². The molecule has 8 atom stereocenters. The van der Waals surface area contributed by atoms with Gasteiger partial charge in [-0.2, -0.15) is 0 Å². The zero-order chi connectivity index (χ0) is 32.8. The van der Waals surface area contributed by atoms with Crippen molar-refractivity contribution < 1.29 is 43.5 Å². The predicted octanol–water partition coefficient (Wildman–Crippen LogP) is 3.01. The number of ketones is 3. The Morgan fingerprint density at radius 2 is 1.27 bits per heavy atom. The Morgan fingerprint density at radius 1 is 0.735 bits per heavy atom. The molecule has 0 radical (unpaired) electrons. The second-order valence-corrected chi connectivity index (χ2v) is 14.8. The van der Waals surface area contributed by atoms with Gasteiger partial charge in [-0.15, -0.1) is 0 Å². The first-order valence-electron chi connectivity index (χ1n) is 16.7. The number of piperidine rings is 2. The SMILES string of the molecule is C.C.COc1ccc2c3c1O[C@H]1C(=O)CC[C@@]4(O)[C@@H](C2)N(C)CC[C@]314.COc1ccc2c3c1O[C@H]1C(=O)CC[C@@]4(O)[C@@H](C2=O)N(C)CC[C@]314. The fraction of sp³-hybridized carbons (Fsp3) is 0.605. The van der Waals surface area contributed by atoms with Crippen LogP contribution in [0.4, 0.5) is 0 Å². The summed E-state index contributed by atoms with van der Waals surface area (Å²) in [5.41, 5.74) is -0.130. The third-order valence-corrected chi connectivity index (χ3v) is 13.3. The number of Topliss-reactive ketones (excluding diaryl/α,β-unsaturated/α-hetero) is 3. The molecule has 2 aromatic rings. The van der Waals surface area contributed by atoms with E-state index in [0.29, 0.717) is 66.4 Å². The minimum Gasteiger partial charge on any atom is -0.493 e. The van der Waals surface area contributed by atoms with Crippen molar-refractivity contribution in [2.45, 2.75) is 106 Å². The monoisotopic (exact) mass is 676 g/mol. The quantitative estimate of drug-likeness (QED) is 0.486. The molecular formula is C38H48N2O9. The summed E-state index contributed by atoms with van der Waals surface area (Å²) >= 11 is 0. The second-order valence-electron chi connectivity index (χ2n) is 14.8. The van der Waals surface area contributed by atoms with Crippen molar-refractivity contribution in [1.82, 2.24) is 9.80 Å². The number of benzene rings is 2. The van der Waals surface area contributed by atoms with Crippen molar-refractivity contribution in [3.63, 3.8) is 0 Å². The fourth-order valence-corrected chi connectivity index (χ4v) is 11.2. The molecule has 0 amide bonds. The first-order valence-corrected chi connectivity index (χ1v) is 16.7. The van der Waals surface area contributed by atoms with Crippen molar-refractivity contribution in [3.8, 4) is 23.0 Å². The minimum atomic E-state index is -1.28. The maximum absolute atomic E-state index is 13.2. The molecule has 49 heavy (non-hydrogen) atoms. The highest BCUT2D eigenvalue weighted by Gasteiger charge is 2.75. The Morgan fingerprint density at radius 3 is 1.88 bits per heavy atom. The highest BCUT2D eigenvalue weighted by molar-refractivity contribution is 6.08. The summed E-state index contributed by atoms with van der Waals surface area (Å²) < 4.78 is 23.1. The molecule has 11 nitrogen and oxygen atoms in total. The zero-order valence-corrected chi connectivity index (χ0v) is 27.1. The third-order valence-electron chi connectivity index (χ3n) is 13.3. The number of ether oxygens (including phenoxy) is 4. The Hall–Kier alpha value is -3.51. The first-order chi connectivity index (χ1) is 22.5. The molecule has 2 N–H and O–H groups in total. The number of nitrogens with zero attached hydrogens (tertiary/aromatic N) is 2. The van der Waals surface area contributed by atoms with E-state index >= 15 is 0 Å². The molecule has 0 aromatic heterocycles. The molecule has 4 bridgehead atoms. The molecule has 4 fully saturated rings. The zero-order valence-electron chi connectivity index (χ0n) is 27.1. The van der Waals surface area contributed by atoms with E-state index in [-0.39, 0.29) is 44.7 Å². The van der Waals surface area contributed by atoms with Gasteiger partial charge in [-0.3, -0.25) is 19.3 Å². The minimum absolute atomic E-state index is 0. The number of aliphatic hydroxyl groups is 2. The maximum Gasteiger partial charge on any atom is 0.183 e. The van der Waals surface area contributed by atoms with Gasteiger partial charge >= 0.3 is 0 Å². The molecule has 2 aromatic carbocycles. The Kier molecular flexibility index (Phi) is 7.45. The van der Waals surface area contributed by atoms with Crippen LogP contribution < -0.4 is 18.9 Å². The Labute approximate surface area is 287 Å². The second kappa shape index (κ2) is 10.7. The topological polar surface area (TPSA) is 135 Å². The number of likely N-dealkylation sites (tertiary alicyclic amines) is 2. The van der Waals surface area contributed by atoms with Crippen LogP contribution in [0.3, 0.4) is 0 Å². The van der Waals surface area contributed by atoms with Gasteiger partial charge in [0.2, 0.25) is 0 Å². The summed E-state index contributed by atoms with van der Waals surface area (Å²) in [5.74, 6) is 2.35. The third kappa shape index (κ3) is 3.64. The lowest BCUT2D eigenvalue weighted by molar-refractivity contribution is -0.185. The van der Waals surface area contributed by atoms with Gasteiger partial charge in [0.1, 0.15) is 11.6 Å². The number of rotatable bonds is 2. The standard InChI is InChI=1S/C18H19NO5.C18H21NO4.2CH4/c1-19-8-7-17-12-9-3-4-11(23-2)14(12)24-16(17)10(20)5-6-18(17,22)15(19)13(9)21;1-19-8-7-17-14-10-3-4-12(22-2)15(14)23-16(17)11(20)5-6-18(17,21)13(19)9-10;;/h3-4,15-16,22H,5-8H2,1-2H3;3-4,13,16,21H,5-9H2,1-2H3;2*1H4/t15-,16+,17+,18-;13-,16+,17+,18-;;/m11../s1.